The van der Waals surface area contributed by atoms with E-state index < -0.39 is 11.9 Å². The predicted molar refractivity (Wildman–Crippen MR) is 123 cm³/mol. The Hall–Kier alpha value is -2.92. The fraction of sp³-hybridized carbons (Fsp3) is 0. The molecule has 30 heavy (non-hydrogen) atoms. The first-order chi connectivity index (χ1) is 14.4. The molecule has 0 aliphatic heterocycles. The number of nitrogens with zero attached hydrogens (tertiary/aromatic N) is 1. The van der Waals surface area contributed by atoms with Gasteiger partial charge in [-0.25, -0.2) is 10.2 Å². The van der Waals surface area contributed by atoms with Crippen molar-refractivity contribution in [2.24, 2.45) is 5.10 Å². The van der Waals surface area contributed by atoms with Crippen LogP contribution in [0.4, 0.5) is 0 Å². The van der Waals surface area contributed by atoms with Crippen LogP contribution in [0.5, 0.6) is 0 Å². The third-order valence-corrected chi connectivity index (χ3v) is 5.42. The molecule has 2 heterocycles. The van der Waals surface area contributed by atoms with Gasteiger partial charge in [0.2, 0.25) is 0 Å². The van der Waals surface area contributed by atoms with Crippen LogP contribution in [0.3, 0.4) is 0 Å². The van der Waals surface area contributed by atoms with Gasteiger partial charge in [-0.1, -0.05) is 28.1 Å². The number of hydrogen-bond donors (Lipinski definition) is 2. The van der Waals surface area contributed by atoms with Crippen molar-refractivity contribution in [3.05, 3.63) is 79.7 Å². The fourth-order valence-electron chi connectivity index (χ4n) is 2.75. The number of benzene rings is 2. The summed E-state index contributed by atoms with van der Waals surface area (Å²) >= 11 is 5.56. The zero-order chi connectivity index (χ0) is 21.3. The van der Waals surface area contributed by atoms with E-state index in [4.69, 9.17) is 13.9 Å². The summed E-state index contributed by atoms with van der Waals surface area (Å²) in [7, 11) is 0. The zero-order valence-corrected chi connectivity index (χ0v) is 18.8. The number of carboxylic acids is 1. The summed E-state index contributed by atoms with van der Waals surface area (Å²) in [5.41, 5.74) is 3.97. The summed E-state index contributed by atoms with van der Waals surface area (Å²) in [6.45, 7) is 0. The highest BCUT2D eigenvalue weighted by atomic mass is 127. The van der Waals surface area contributed by atoms with E-state index in [1.54, 1.807) is 30.3 Å². The number of carbonyl (C=O) groups excluding carboxylic acids is 1. The zero-order valence-electron chi connectivity index (χ0n) is 15.1. The number of fused-ring (bicyclic) bond motifs is 1. The normalized spacial score (nSPS) is 11.3. The van der Waals surface area contributed by atoms with Crippen molar-refractivity contribution in [3.63, 3.8) is 0 Å². The van der Waals surface area contributed by atoms with Crippen molar-refractivity contribution in [2.75, 3.05) is 0 Å². The quantitative estimate of drug-likeness (QED) is 0.184. The van der Waals surface area contributed by atoms with Gasteiger partial charge in [0.1, 0.15) is 17.1 Å². The van der Waals surface area contributed by atoms with Crippen molar-refractivity contribution >= 4 is 67.6 Å². The Morgan fingerprint density at radius 3 is 2.57 bits per heavy atom. The van der Waals surface area contributed by atoms with Crippen LogP contribution in [0.1, 0.15) is 26.7 Å². The van der Waals surface area contributed by atoms with Crippen LogP contribution in [-0.4, -0.2) is 23.2 Å². The van der Waals surface area contributed by atoms with Crippen molar-refractivity contribution in [1.29, 1.82) is 0 Å². The van der Waals surface area contributed by atoms with E-state index in [1.165, 1.54) is 18.3 Å². The van der Waals surface area contributed by atoms with Gasteiger partial charge in [-0.2, -0.15) is 5.10 Å². The maximum Gasteiger partial charge on any atom is 0.335 e. The Balaban J connectivity index is 1.44. The smallest absolute Gasteiger partial charge is 0.335 e. The maximum atomic E-state index is 12.3. The summed E-state index contributed by atoms with van der Waals surface area (Å²) in [5.74, 6) is -0.341. The molecule has 0 bridgehead atoms. The molecule has 1 amide bonds. The summed E-state index contributed by atoms with van der Waals surface area (Å²) in [6, 6.07) is 15.2. The second-order valence-corrected chi connectivity index (χ2v) is 8.28. The molecule has 0 aliphatic rings. The average molecular weight is 579 g/mol. The van der Waals surface area contributed by atoms with Crippen LogP contribution in [0.25, 0.3) is 22.3 Å². The molecule has 0 spiro atoms. The molecule has 150 valence electrons. The van der Waals surface area contributed by atoms with E-state index >= 15 is 0 Å². The predicted octanol–water partition coefficient (Wildman–Crippen LogP) is 5.52. The van der Waals surface area contributed by atoms with Crippen LogP contribution in [0, 0.1) is 3.57 Å². The molecular formula is C21H12BrIN2O5. The standard InChI is InChI=1S/C21H12BrIN2O5/c22-14-7-13-8-18(30-19(13)16(23)9-14)20(26)25-24-10-15-5-6-17(29-15)11-1-3-12(4-2-11)21(27)28/h1-10H,(H,25,26)(H,27,28)/b24-10-. The monoisotopic (exact) mass is 578 g/mol. The van der Waals surface area contributed by atoms with E-state index in [1.807, 2.05) is 12.1 Å². The Labute approximate surface area is 192 Å². The van der Waals surface area contributed by atoms with Crippen molar-refractivity contribution < 1.29 is 23.5 Å². The van der Waals surface area contributed by atoms with Crippen LogP contribution < -0.4 is 5.43 Å². The third-order valence-electron chi connectivity index (χ3n) is 4.16. The summed E-state index contributed by atoms with van der Waals surface area (Å²) in [5, 5.41) is 13.7. The molecule has 0 saturated heterocycles. The first-order valence-corrected chi connectivity index (χ1v) is 10.4. The molecule has 0 unspecified atom stereocenters. The van der Waals surface area contributed by atoms with E-state index in [9.17, 15) is 9.59 Å². The molecule has 2 aromatic heterocycles. The van der Waals surface area contributed by atoms with Gasteiger partial charge in [-0.3, -0.25) is 4.79 Å². The average Bonchev–Trinajstić information content (AvgIpc) is 3.35. The van der Waals surface area contributed by atoms with Crippen molar-refractivity contribution in [2.45, 2.75) is 0 Å². The second kappa shape index (κ2) is 8.44. The molecule has 4 aromatic rings. The van der Waals surface area contributed by atoms with Crippen LogP contribution in [0.2, 0.25) is 0 Å². The molecule has 7 nitrogen and oxygen atoms in total. The maximum absolute atomic E-state index is 12.3. The molecule has 2 N–H and O–H groups in total. The third kappa shape index (κ3) is 4.31. The minimum atomic E-state index is -0.989. The highest BCUT2D eigenvalue weighted by Gasteiger charge is 2.14. The van der Waals surface area contributed by atoms with E-state index in [0.717, 1.165) is 19.0 Å². The van der Waals surface area contributed by atoms with Gasteiger partial charge >= 0.3 is 11.9 Å². The van der Waals surface area contributed by atoms with Crippen LogP contribution in [0.15, 0.2) is 73.0 Å². The topological polar surface area (TPSA) is 105 Å². The van der Waals surface area contributed by atoms with Crippen LogP contribution >= 0.6 is 38.5 Å². The molecule has 4 rings (SSSR count). The van der Waals surface area contributed by atoms with Gasteiger partial charge in [-0.15, -0.1) is 0 Å². The molecule has 0 atom stereocenters. The summed E-state index contributed by atoms with van der Waals surface area (Å²) < 4.78 is 13.1. The summed E-state index contributed by atoms with van der Waals surface area (Å²) in [6.07, 6.45) is 1.37. The summed E-state index contributed by atoms with van der Waals surface area (Å²) in [4.78, 5) is 23.2. The molecule has 0 fully saturated rings. The SMILES string of the molecule is O=C(O)c1ccc(-c2ccc(/C=N\NC(=O)c3cc4cc(Br)cc(I)c4o3)o2)cc1. The van der Waals surface area contributed by atoms with Gasteiger partial charge < -0.3 is 13.9 Å². The fourth-order valence-corrected chi connectivity index (χ4v) is 4.41. The number of halogens is 2. The van der Waals surface area contributed by atoms with Gasteiger partial charge in [0.25, 0.3) is 0 Å². The number of hydrazone groups is 1. The van der Waals surface area contributed by atoms with Gasteiger partial charge in [0, 0.05) is 15.4 Å². The number of furan rings is 2. The van der Waals surface area contributed by atoms with Crippen molar-refractivity contribution in [3.8, 4) is 11.3 Å². The number of aromatic carboxylic acids is 1. The lowest BCUT2D eigenvalue weighted by Gasteiger charge is -1.98. The number of hydrogen-bond acceptors (Lipinski definition) is 5. The molecule has 2 aromatic carbocycles. The lowest BCUT2D eigenvalue weighted by atomic mass is 10.1. The van der Waals surface area contributed by atoms with E-state index in [0.29, 0.717) is 17.1 Å². The molecule has 0 radical (unpaired) electrons. The number of carboxylic acid groups (broad SMARTS) is 1. The number of amides is 1. The largest absolute Gasteiger partial charge is 0.478 e. The molecule has 0 saturated carbocycles. The van der Waals surface area contributed by atoms with Crippen molar-refractivity contribution in [1.82, 2.24) is 5.43 Å². The highest BCUT2D eigenvalue weighted by molar-refractivity contribution is 14.1. The molecule has 0 aliphatic carbocycles. The first-order valence-electron chi connectivity index (χ1n) is 8.56. The molecule has 9 heteroatoms. The second-order valence-electron chi connectivity index (χ2n) is 6.20. The molecular weight excluding hydrogens is 567 g/mol. The Morgan fingerprint density at radius 2 is 1.83 bits per heavy atom. The Morgan fingerprint density at radius 1 is 1.07 bits per heavy atom. The van der Waals surface area contributed by atoms with Gasteiger partial charge in [0.05, 0.1) is 15.3 Å². The number of rotatable bonds is 5. The van der Waals surface area contributed by atoms with E-state index in [-0.39, 0.29) is 11.3 Å². The minimum Gasteiger partial charge on any atom is -0.478 e. The lowest BCUT2D eigenvalue weighted by Crippen LogP contribution is -2.16. The van der Waals surface area contributed by atoms with Gasteiger partial charge in [0.15, 0.2) is 5.76 Å². The van der Waals surface area contributed by atoms with Gasteiger partial charge in [-0.05, 0) is 65.1 Å². The van der Waals surface area contributed by atoms with E-state index in [2.05, 4.69) is 49.0 Å². The van der Waals surface area contributed by atoms with Crippen LogP contribution in [-0.2, 0) is 0 Å². The minimum absolute atomic E-state index is 0.150. The Kier molecular flexibility index (Phi) is 5.73. The number of nitrogens with one attached hydrogen (secondary N) is 1. The highest BCUT2D eigenvalue weighted by Crippen LogP contribution is 2.28. The lowest BCUT2D eigenvalue weighted by molar-refractivity contribution is 0.0696. The first kappa shape index (κ1) is 20.4. The number of carbonyl (C=O) groups is 2. The Bertz CT molecular complexity index is 1290.